The van der Waals surface area contributed by atoms with Crippen molar-refractivity contribution in [3.05, 3.63) is 29.3 Å². The van der Waals surface area contributed by atoms with E-state index in [-0.39, 0.29) is 12.5 Å². The Bertz CT molecular complexity index is 575. The Morgan fingerprint density at radius 2 is 2.19 bits per heavy atom. The summed E-state index contributed by atoms with van der Waals surface area (Å²) in [6, 6.07) is 5.80. The number of methoxy groups -OCH3 is 1. The molecule has 5 heteroatoms. The Morgan fingerprint density at radius 3 is 2.86 bits per heavy atom. The summed E-state index contributed by atoms with van der Waals surface area (Å²) in [5, 5.41) is 8.81. The minimum Gasteiger partial charge on any atom is -0.495 e. The van der Waals surface area contributed by atoms with Crippen LogP contribution in [0.25, 0.3) is 0 Å². The first-order valence-electron chi connectivity index (χ1n) is 6.87. The lowest BCUT2D eigenvalue weighted by atomic mass is 10.1. The van der Waals surface area contributed by atoms with E-state index in [1.165, 1.54) is 0 Å². The minimum atomic E-state index is -0.180. The van der Waals surface area contributed by atoms with Gasteiger partial charge in [-0.25, -0.2) is 0 Å². The summed E-state index contributed by atoms with van der Waals surface area (Å²) >= 11 is 0. The molecule has 5 nitrogen and oxygen atoms in total. The van der Waals surface area contributed by atoms with E-state index in [1.807, 2.05) is 25.2 Å². The van der Waals surface area contributed by atoms with Gasteiger partial charge in [0.25, 0.3) is 0 Å². The lowest BCUT2D eigenvalue weighted by Gasteiger charge is -2.31. The Balaban J connectivity index is 2.12. The van der Waals surface area contributed by atoms with Crippen LogP contribution in [-0.2, 0) is 11.3 Å². The number of carbonyl (C=O) groups is 1. The molecule has 0 saturated carbocycles. The van der Waals surface area contributed by atoms with Crippen molar-refractivity contribution in [2.24, 2.45) is 0 Å². The molecule has 0 bridgehead atoms. The molecule has 0 aromatic heterocycles. The molecule has 1 aliphatic rings. The highest BCUT2D eigenvalue weighted by Crippen LogP contribution is 2.20. The van der Waals surface area contributed by atoms with Gasteiger partial charge in [0.2, 0.25) is 5.91 Å². The third-order valence-corrected chi connectivity index (χ3v) is 3.51. The summed E-state index contributed by atoms with van der Waals surface area (Å²) in [4.78, 5) is 15.6. The van der Waals surface area contributed by atoms with E-state index in [2.05, 4.69) is 16.7 Å². The monoisotopic (exact) mass is 288 g/mol. The standard InChI is InChI=1S/C16H20N2O3/c1-17-7-8-18(12-16(17)20)11-13-5-6-15(21-2)14(10-13)4-3-9-19/h5-6,10,19H,7-9,11-12H2,1-2H3. The Hall–Kier alpha value is -2.03. The summed E-state index contributed by atoms with van der Waals surface area (Å²) in [7, 11) is 3.42. The van der Waals surface area contributed by atoms with Gasteiger partial charge in [0, 0.05) is 26.7 Å². The second kappa shape index (κ2) is 7.11. The molecule has 1 N–H and O–H groups in total. The molecule has 1 aromatic carbocycles. The van der Waals surface area contributed by atoms with Gasteiger partial charge in [-0.1, -0.05) is 17.9 Å². The van der Waals surface area contributed by atoms with Gasteiger partial charge >= 0.3 is 0 Å². The van der Waals surface area contributed by atoms with Gasteiger partial charge in [0.15, 0.2) is 0 Å². The number of aliphatic hydroxyl groups excluding tert-OH is 1. The highest BCUT2D eigenvalue weighted by molar-refractivity contribution is 5.78. The summed E-state index contributed by atoms with van der Waals surface area (Å²) in [6.07, 6.45) is 0. The van der Waals surface area contributed by atoms with Gasteiger partial charge in [-0.05, 0) is 17.7 Å². The van der Waals surface area contributed by atoms with Gasteiger partial charge < -0.3 is 14.7 Å². The van der Waals surface area contributed by atoms with E-state index in [0.717, 1.165) is 24.2 Å². The van der Waals surface area contributed by atoms with Gasteiger partial charge in [0.05, 0.1) is 19.2 Å². The van der Waals surface area contributed by atoms with Crippen LogP contribution in [0.15, 0.2) is 18.2 Å². The average molecular weight is 288 g/mol. The van der Waals surface area contributed by atoms with Crippen molar-refractivity contribution in [3.63, 3.8) is 0 Å². The summed E-state index contributed by atoms with van der Waals surface area (Å²) in [5.41, 5.74) is 1.83. The molecule has 2 rings (SSSR count). The lowest BCUT2D eigenvalue weighted by Crippen LogP contribution is -2.47. The first-order valence-corrected chi connectivity index (χ1v) is 6.87. The number of hydrogen-bond acceptors (Lipinski definition) is 4. The largest absolute Gasteiger partial charge is 0.495 e. The van der Waals surface area contributed by atoms with Gasteiger partial charge in [-0.15, -0.1) is 0 Å². The Morgan fingerprint density at radius 1 is 1.38 bits per heavy atom. The zero-order valence-corrected chi connectivity index (χ0v) is 12.4. The fourth-order valence-electron chi connectivity index (χ4n) is 2.29. The van der Waals surface area contributed by atoms with Crippen molar-refractivity contribution in [1.29, 1.82) is 0 Å². The van der Waals surface area contributed by atoms with Gasteiger partial charge in [-0.2, -0.15) is 0 Å². The third-order valence-electron chi connectivity index (χ3n) is 3.51. The van der Waals surface area contributed by atoms with Crippen LogP contribution in [0.4, 0.5) is 0 Å². The molecule has 1 heterocycles. The summed E-state index contributed by atoms with van der Waals surface area (Å²) < 4.78 is 5.26. The Kier molecular flexibility index (Phi) is 5.20. The van der Waals surface area contributed by atoms with Crippen molar-refractivity contribution in [3.8, 4) is 17.6 Å². The number of nitrogens with zero attached hydrogens (tertiary/aromatic N) is 2. The maximum absolute atomic E-state index is 11.7. The van der Waals surface area contributed by atoms with Crippen molar-refractivity contribution >= 4 is 5.91 Å². The zero-order valence-electron chi connectivity index (χ0n) is 12.4. The van der Waals surface area contributed by atoms with E-state index in [1.54, 1.807) is 12.0 Å². The summed E-state index contributed by atoms with van der Waals surface area (Å²) in [6.45, 7) is 2.59. The lowest BCUT2D eigenvalue weighted by molar-refractivity contribution is -0.134. The predicted octanol–water partition coefficient (Wildman–Crippen LogP) is 0.313. The number of amides is 1. The molecule has 0 radical (unpaired) electrons. The van der Waals surface area contributed by atoms with E-state index < -0.39 is 0 Å². The molecule has 0 unspecified atom stereocenters. The molecule has 0 spiro atoms. The second-order valence-corrected chi connectivity index (χ2v) is 5.02. The number of rotatable bonds is 3. The number of hydrogen-bond donors (Lipinski definition) is 1. The predicted molar refractivity (Wildman–Crippen MR) is 79.9 cm³/mol. The number of aliphatic hydroxyl groups is 1. The van der Waals surface area contributed by atoms with Crippen LogP contribution in [-0.4, -0.2) is 61.2 Å². The van der Waals surface area contributed by atoms with Crippen LogP contribution < -0.4 is 4.74 Å². The highest BCUT2D eigenvalue weighted by atomic mass is 16.5. The topological polar surface area (TPSA) is 53.0 Å². The van der Waals surface area contributed by atoms with Crippen LogP contribution in [0.1, 0.15) is 11.1 Å². The maximum Gasteiger partial charge on any atom is 0.236 e. The van der Waals surface area contributed by atoms with Crippen molar-refractivity contribution in [2.45, 2.75) is 6.54 Å². The van der Waals surface area contributed by atoms with Gasteiger partial charge in [0.1, 0.15) is 12.4 Å². The number of benzene rings is 1. The second-order valence-electron chi connectivity index (χ2n) is 5.02. The molecule has 21 heavy (non-hydrogen) atoms. The highest BCUT2D eigenvalue weighted by Gasteiger charge is 2.20. The first kappa shape index (κ1) is 15.4. The van der Waals surface area contributed by atoms with Crippen LogP contribution in [0, 0.1) is 11.8 Å². The fraction of sp³-hybridized carbons (Fsp3) is 0.438. The number of likely N-dealkylation sites (N-methyl/N-ethyl adjacent to an activating group) is 1. The van der Waals surface area contributed by atoms with Crippen molar-refractivity contribution < 1.29 is 14.6 Å². The number of carbonyl (C=O) groups excluding carboxylic acids is 1. The molecule has 112 valence electrons. The minimum absolute atomic E-state index is 0.148. The molecule has 0 aliphatic carbocycles. The van der Waals surface area contributed by atoms with Crippen LogP contribution >= 0.6 is 0 Å². The fourth-order valence-corrected chi connectivity index (χ4v) is 2.29. The van der Waals surface area contributed by atoms with Gasteiger partial charge in [-0.3, -0.25) is 9.69 Å². The smallest absolute Gasteiger partial charge is 0.236 e. The molecule has 0 atom stereocenters. The summed E-state index contributed by atoms with van der Waals surface area (Å²) in [5.74, 6) is 6.36. The molecule has 1 amide bonds. The SMILES string of the molecule is COc1ccc(CN2CCN(C)C(=O)C2)cc1C#CCO. The Labute approximate surface area is 125 Å². The van der Waals surface area contributed by atoms with E-state index >= 15 is 0 Å². The molecular weight excluding hydrogens is 268 g/mol. The van der Waals surface area contributed by atoms with E-state index in [4.69, 9.17) is 9.84 Å². The van der Waals surface area contributed by atoms with Crippen molar-refractivity contribution in [1.82, 2.24) is 9.80 Å². The molecular formula is C16H20N2O3. The molecule has 1 aromatic rings. The normalized spacial score (nSPS) is 15.6. The number of piperazine rings is 1. The molecule has 1 aliphatic heterocycles. The molecule has 1 saturated heterocycles. The maximum atomic E-state index is 11.7. The average Bonchev–Trinajstić information content (AvgIpc) is 2.49. The van der Waals surface area contributed by atoms with Crippen LogP contribution in [0.5, 0.6) is 5.75 Å². The van der Waals surface area contributed by atoms with E-state index in [0.29, 0.717) is 18.8 Å². The third kappa shape index (κ3) is 3.97. The van der Waals surface area contributed by atoms with Crippen molar-refractivity contribution in [2.75, 3.05) is 40.4 Å². The zero-order chi connectivity index (χ0) is 15.2. The first-order chi connectivity index (χ1) is 10.1. The van der Waals surface area contributed by atoms with E-state index in [9.17, 15) is 4.79 Å². The number of ether oxygens (including phenoxy) is 1. The molecule has 1 fully saturated rings. The van der Waals surface area contributed by atoms with Crippen LogP contribution in [0.3, 0.4) is 0 Å². The quantitative estimate of drug-likeness (QED) is 0.814. The van der Waals surface area contributed by atoms with Crippen LogP contribution in [0.2, 0.25) is 0 Å².